The van der Waals surface area contributed by atoms with Crippen molar-refractivity contribution in [3.63, 3.8) is 0 Å². The molecule has 154 valence electrons. The van der Waals surface area contributed by atoms with Gasteiger partial charge in [0.1, 0.15) is 12.1 Å². The fraction of sp³-hybridized carbons (Fsp3) is 0.444. The Labute approximate surface area is 174 Å². The maximum Gasteiger partial charge on any atom is 0.329 e. The van der Waals surface area contributed by atoms with Crippen LogP contribution in [0.25, 0.3) is 0 Å². The lowest BCUT2D eigenvalue weighted by Gasteiger charge is -2.16. The normalized spacial score (nSPS) is 12.4. The lowest BCUT2D eigenvalue weighted by molar-refractivity contribution is -0.145. The minimum absolute atomic E-state index is 0.0634. The van der Waals surface area contributed by atoms with E-state index in [4.69, 9.17) is 9.47 Å². The van der Waals surface area contributed by atoms with Gasteiger partial charge >= 0.3 is 11.9 Å². The van der Waals surface area contributed by atoms with E-state index in [0.29, 0.717) is 0 Å². The van der Waals surface area contributed by atoms with Crippen molar-refractivity contribution in [2.24, 2.45) is 0 Å². The number of hydrogen-bond donors (Lipinski definition) is 4. The Morgan fingerprint density at radius 3 is 1.57 bits per heavy atom. The first-order valence-electron chi connectivity index (χ1n) is 8.64. The van der Waals surface area contributed by atoms with Crippen LogP contribution in [0, 0.1) is 0 Å². The molecule has 1 aromatic rings. The number of esters is 2. The van der Waals surface area contributed by atoms with Crippen LogP contribution in [0.4, 0.5) is 0 Å². The number of nitrogens with one attached hydrogen (secondary N) is 2. The predicted octanol–water partition coefficient (Wildman–Crippen LogP) is 0.869. The molecule has 0 saturated carbocycles. The Bertz CT molecular complexity index is 658. The van der Waals surface area contributed by atoms with Crippen molar-refractivity contribution >= 4 is 49.0 Å². The molecule has 0 saturated heterocycles. The molecule has 0 fully saturated rings. The highest BCUT2D eigenvalue weighted by Crippen LogP contribution is 2.08. The Morgan fingerprint density at radius 1 is 0.857 bits per heavy atom. The molecular weight excluding hydrogens is 404 g/mol. The smallest absolute Gasteiger partial charge is 0.329 e. The van der Waals surface area contributed by atoms with Crippen molar-refractivity contribution in [2.75, 3.05) is 24.7 Å². The number of hydrogen-bond acceptors (Lipinski definition) is 8. The molecule has 0 aliphatic carbocycles. The molecule has 0 bridgehead atoms. The second-order valence-electron chi connectivity index (χ2n) is 5.50. The van der Waals surface area contributed by atoms with Crippen LogP contribution in [0.2, 0.25) is 0 Å². The number of rotatable bonds is 10. The molecule has 1 aromatic carbocycles. The minimum atomic E-state index is -0.911. The number of carbonyl (C=O) groups is 4. The van der Waals surface area contributed by atoms with Gasteiger partial charge < -0.3 is 20.1 Å². The summed E-state index contributed by atoms with van der Waals surface area (Å²) in [6.07, 6.45) is 0. The van der Waals surface area contributed by atoms with E-state index in [0.717, 1.165) is 0 Å². The maximum atomic E-state index is 12.4. The Hall–Kier alpha value is -2.20. The summed E-state index contributed by atoms with van der Waals surface area (Å²) in [6.45, 7) is 3.68. The van der Waals surface area contributed by atoms with Crippen LogP contribution in [0.3, 0.4) is 0 Å². The van der Waals surface area contributed by atoms with Gasteiger partial charge in [0.15, 0.2) is 0 Å². The molecule has 0 heterocycles. The molecule has 10 heteroatoms. The topological polar surface area (TPSA) is 111 Å². The Kier molecular flexibility index (Phi) is 10.5. The van der Waals surface area contributed by atoms with Crippen LogP contribution in [-0.2, 0) is 19.1 Å². The molecule has 0 unspecified atom stereocenters. The van der Waals surface area contributed by atoms with Gasteiger partial charge in [0, 0.05) is 22.6 Å². The van der Waals surface area contributed by atoms with Gasteiger partial charge in [-0.1, -0.05) is 6.07 Å². The first-order valence-corrected chi connectivity index (χ1v) is 9.91. The van der Waals surface area contributed by atoms with Gasteiger partial charge in [0.05, 0.1) is 13.2 Å². The summed E-state index contributed by atoms with van der Waals surface area (Å²) in [5, 5.41) is 5.03. The summed E-state index contributed by atoms with van der Waals surface area (Å²) < 4.78 is 9.75. The summed E-state index contributed by atoms with van der Waals surface area (Å²) in [5.74, 6) is -2.17. The SMILES string of the molecule is CCOC(=O)[C@H](CS)NC(=O)c1cccc(C(=O)N[C@@H](CS)C(=O)OCC)c1. The average molecular weight is 429 g/mol. The van der Waals surface area contributed by atoms with Crippen LogP contribution in [0.15, 0.2) is 24.3 Å². The lowest BCUT2D eigenvalue weighted by Crippen LogP contribution is -2.44. The molecule has 0 spiro atoms. The molecule has 8 nitrogen and oxygen atoms in total. The van der Waals surface area contributed by atoms with E-state index in [1.807, 2.05) is 0 Å². The van der Waals surface area contributed by atoms with Gasteiger partial charge in [-0.2, -0.15) is 25.3 Å². The maximum absolute atomic E-state index is 12.4. The van der Waals surface area contributed by atoms with Gasteiger partial charge in [-0.05, 0) is 32.0 Å². The molecule has 0 aliphatic heterocycles. The number of carbonyl (C=O) groups excluding carboxylic acids is 4. The van der Waals surface area contributed by atoms with Crippen LogP contribution in [0.5, 0.6) is 0 Å². The van der Waals surface area contributed by atoms with Gasteiger partial charge in [-0.3, -0.25) is 9.59 Å². The van der Waals surface area contributed by atoms with Gasteiger partial charge in [0.2, 0.25) is 0 Å². The summed E-state index contributed by atoms with van der Waals surface area (Å²) >= 11 is 8.08. The second-order valence-corrected chi connectivity index (χ2v) is 6.23. The van der Waals surface area contributed by atoms with Crippen molar-refractivity contribution in [1.29, 1.82) is 0 Å². The monoisotopic (exact) mass is 428 g/mol. The zero-order chi connectivity index (χ0) is 21.1. The number of ether oxygens (including phenoxy) is 2. The van der Waals surface area contributed by atoms with E-state index in [1.54, 1.807) is 13.8 Å². The molecule has 0 aromatic heterocycles. The van der Waals surface area contributed by atoms with E-state index in [9.17, 15) is 19.2 Å². The number of amides is 2. The fourth-order valence-corrected chi connectivity index (χ4v) is 2.61. The van der Waals surface area contributed by atoms with Crippen LogP contribution in [0.1, 0.15) is 34.6 Å². The van der Waals surface area contributed by atoms with E-state index >= 15 is 0 Å². The number of thiol groups is 2. The highest BCUT2D eigenvalue weighted by Gasteiger charge is 2.23. The Balaban J connectivity index is 2.87. The van der Waals surface area contributed by atoms with Crippen molar-refractivity contribution in [1.82, 2.24) is 10.6 Å². The standard InChI is InChI=1S/C18H24N2O6S2/c1-3-25-17(23)13(9-27)19-15(21)11-6-5-7-12(8-11)16(22)20-14(10-28)18(24)26-4-2/h5-8,13-14,27-28H,3-4,9-10H2,1-2H3,(H,19,21)(H,20,22)/t13-,14-/m0/s1. The molecule has 2 N–H and O–H groups in total. The van der Waals surface area contributed by atoms with Gasteiger partial charge in [0.25, 0.3) is 11.8 Å². The summed E-state index contributed by atoms with van der Waals surface area (Å²) in [4.78, 5) is 48.4. The van der Waals surface area contributed by atoms with Crippen molar-refractivity contribution in [3.05, 3.63) is 35.4 Å². The quantitative estimate of drug-likeness (QED) is 0.325. The molecule has 2 atom stereocenters. The van der Waals surface area contributed by atoms with Crippen LogP contribution < -0.4 is 10.6 Å². The second kappa shape index (κ2) is 12.3. The third kappa shape index (κ3) is 7.08. The van der Waals surface area contributed by atoms with Crippen LogP contribution >= 0.6 is 25.3 Å². The van der Waals surface area contributed by atoms with Crippen LogP contribution in [-0.4, -0.2) is 60.6 Å². The molecule has 0 radical (unpaired) electrons. The summed E-state index contributed by atoms with van der Waals surface area (Å²) in [7, 11) is 0. The van der Waals surface area contributed by atoms with Crippen molar-refractivity contribution in [2.45, 2.75) is 25.9 Å². The predicted molar refractivity (Wildman–Crippen MR) is 110 cm³/mol. The number of benzene rings is 1. The van der Waals surface area contributed by atoms with Gasteiger partial charge in [-0.25, -0.2) is 9.59 Å². The largest absolute Gasteiger partial charge is 0.464 e. The summed E-state index contributed by atoms with van der Waals surface area (Å²) in [5.41, 5.74) is 0.338. The van der Waals surface area contributed by atoms with Crippen molar-refractivity contribution in [3.8, 4) is 0 Å². The average Bonchev–Trinajstić information content (AvgIpc) is 2.70. The highest BCUT2D eigenvalue weighted by molar-refractivity contribution is 7.80. The van der Waals surface area contributed by atoms with Crippen molar-refractivity contribution < 1.29 is 28.7 Å². The van der Waals surface area contributed by atoms with E-state index < -0.39 is 35.8 Å². The van der Waals surface area contributed by atoms with E-state index in [-0.39, 0.29) is 35.8 Å². The zero-order valence-corrected chi connectivity index (χ0v) is 17.4. The molecular formula is C18H24N2O6S2. The molecule has 0 aliphatic rings. The minimum Gasteiger partial charge on any atom is -0.464 e. The molecule has 28 heavy (non-hydrogen) atoms. The van der Waals surface area contributed by atoms with Gasteiger partial charge in [-0.15, -0.1) is 0 Å². The summed E-state index contributed by atoms with van der Waals surface area (Å²) in [6, 6.07) is 4.04. The first-order chi connectivity index (χ1) is 13.4. The molecule has 1 rings (SSSR count). The Morgan fingerprint density at radius 2 is 1.25 bits per heavy atom. The lowest BCUT2D eigenvalue weighted by atomic mass is 10.1. The zero-order valence-electron chi connectivity index (χ0n) is 15.6. The fourth-order valence-electron chi connectivity index (χ4n) is 2.13. The first kappa shape index (κ1) is 23.8. The van der Waals surface area contributed by atoms with E-state index in [1.165, 1.54) is 24.3 Å². The molecule has 2 amide bonds. The van der Waals surface area contributed by atoms with E-state index in [2.05, 4.69) is 35.9 Å². The third-order valence-electron chi connectivity index (χ3n) is 3.50. The third-order valence-corrected chi connectivity index (χ3v) is 4.24. The highest BCUT2D eigenvalue weighted by atomic mass is 32.1.